The molecule has 168 valence electrons. The van der Waals surface area contributed by atoms with Gasteiger partial charge in [0.1, 0.15) is 0 Å². The number of aryl methyl sites for hydroxylation is 2. The number of allylic oxidation sites excluding steroid dienone is 1. The van der Waals surface area contributed by atoms with Gasteiger partial charge in [-0.05, 0) is 60.4 Å². The minimum Gasteiger partial charge on any atom is -0.403 e. The molecule has 1 atom stereocenters. The van der Waals surface area contributed by atoms with Crippen molar-refractivity contribution in [2.45, 2.75) is 45.2 Å². The first-order valence-electron chi connectivity index (χ1n) is 11.8. The van der Waals surface area contributed by atoms with Crippen LogP contribution in [0.15, 0.2) is 79.4 Å². The van der Waals surface area contributed by atoms with E-state index in [0.717, 1.165) is 31.8 Å². The smallest absolute Gasteiger partial charge is 0.0611 e. The highest BCUT2D eigenvalue weighted by atomic mass is 15.2. The maximum absolute atomic E-state index is 5.74. The van der Waals surface area contributed by atoms with Crippen molar-refractivity contribution in [2.24, 2.45) is 5.73 Å². The third-order valence-corrected chi connectivity index (χ3v) is 6.49. The molecule has 2 aliphatic rings. The summed E-state index contributed by atoms with van der Waals surface area (Å²) in [5.41, 5.74) is 13.7. The van der Waals surface area contributed by atoms with Crippen LogP contribution in [0.3, 0.4) is 0 Å². The highest BCUT2D eigenvalue weighted by Crippen LogP contribution is 2.26. The van der Waals surface area contributed by atoms with Crippen LogP contribution in [-0.2, 0) is 19.4 Å². The molecule has 1 aliphatic carbocycles. The predicted molar refractivity (Wildman–Crippen MR) is 135 cm³/mol. The van der Waals surface area contributed by atoms with E-state index in [1.807, 2.05) is 6.20 Å². The summed E-state index contributed by atoms with van der Waals surface area (Å²) in [4.78, 5) is 4.63. The van der Waals surface area contributed by atoms with Gasteiger partial charge in [-0.15, -0.1) is 0 Å². The Morgan fingerprint density at radius 2 is 2.00 bits per heavy atom. The van der Waals surface area contributed by atoms with Gasteiger partial charge in [-0.25, -0.2) is 0 Å². The van der Waals surface area contributed by atoms with Crippen molar-refractivity contribution >= 4 is 5.57 Å². The summed E-state index contributed by atoms with van der Waals surface area (Å²) in [6.07, 6.45) is 10.5. The van der Waals surface area contributed by atoms with Gasteiger partial charge in [0, 0.05) is 50.0 Å². The Kier molecular flexibility index (Phi) is 7.33. The standard InChI is InChI=1S/C28H36N4/c1-22(26-12-11-25-9-6-10-27(25)17-26)18-32(16-14-29)19-23(2)30-28-13-15-31(21-28)20-24-7-4-3-5-8-24/h3-5,7-8,11-12,14,16-18,28,30H,2,6,9-10,13,15,19-21,29H2,1H3/b16-14-,22-18+. The number of likely N-dealkylation sites (tertiary alicyclic amines) is 1. The lowest BCUT2D eigenvalue weighted by atomic mass is 10.0. The minimum absolute atomic E-state index is 0.441. The van der Waals surface area contributed by atoms with Gasteiger partial charge in [0.15, 0.2) is 0 Å². The fourth-order valence-electron chi connectivity index (χ4n) is 4.88. The first kappa shape index (κ1) is 22.2. The van der Waals surface area contributed by atoms with Crippen molar-refractivity contribution in [3.8, 4) is 0 Å². The Morgan fingerprint density at radius 3 is 2.81 bits per heavy atom. The molecule has 4 heteroatoms. The first-order valence-corrected chi connectivity index (χ1v) is 11.8. The van der Waals surface area contributed by atoms with E-state index in [1.165, 1.54) is 47.1 Å². The summed E-state index contributed by atoms with van der Waals surface area (Å²) in [7, 11) is 0. The average Bonchev–Trinajstić information content (AvgIpc) is 3.43. The second kappa shape index (κ2) is 10.6. The molecule has 32 heavy (non-hydrogen) atoms. The van der Waals surface area contributed by atoms with E-state index in [0.29, 0.717) is 12.6 Å². The van der Waals surface area contributed by atoms with Crippen LogP contribution in [0.25, 0.3) is 5.57 Å². The average molecular weight is 429 g/mol. The number of benzene rings is 2. The predicted octanol–water partition coefficient (Wildman–Crippen LogP) is 4.65. The summed E-state index contributed by atoms with van der Waals surface area (Å²) in [6.45, 7) is 10.3. The maximum atomic E-state index is 5.74. The van der Waals surface area contributed by atoms with Crippen LogP contribution < -0.4 is 11.1 Å². The van der Waals surface area contributed by atoms with Gasteiger partial charge in [-0.1, -0.05) is 55.1 Å². The third kappa shape index (κ3) is 5.83. The number of hydrogen-bond donors (Lipinski definition) is 2. The molecule has 1 unspecified atom stereocenters. The van der Waals surface area contributed by atoms with Crippen LogP contribution >= 0.6 is 0 Å². The molecule has 0 aromatic heterocycles. The van der Waals surface area contributed by atoms with Gasteiger partial charge < -0.3 is 16.0 Å². The number of nitrogens with zero attached hydrogens (tertiary/aromatic N) is 2. The molecule has 1 aliphatic heterocycles. The van der Waals surface area contributed by atoms with Crippen LogP contribution in [0.1, 0.15) is 42.0 Å². The van der Waals surface area contributed by atoms with E-state index in [4.69, 9.17) is 5.73 Å². The van der Waals surface area contributed by atoms with Crippen molar-refractivity contribution in [3.63, 3.8) is 0 Å². The lowest BCUT2D eigenvalue weighted by molar-refractivity contribution is 0.322. The van der Waals surface area contributed by atoms with E-state index in [9.17, 15) is 0 Å². The molecule has 0 spiro atoms. The molecule has 1 heterocycles. The molecular weight excluding hydrogens is 392 g/mol. The van der Waals surface area contributed by atoms with Crippen molar-refractivity contribution in [2.75, 3.05) is 19.6 Å². The van der Waals surface area contributed by atoms with Crippen LogP contribution in [0.4, 0.5) is 0 Å². The molecule has 0 amide bonds. The highest BCUT2D eigenvalue weighted by Gasteiger charge is 2.22. The van der Waals surface area contributed by atoms with E-state index in [2.05, 4.69) is 83.4 Å². The molecule has 2 aromatic carbocycles. The number of fused-ring (bicyclic) bond motifs is 1. The van der Waals surface area contributed by atoms with E-state index in [1.54, 1.807) is 6.20 Å². The van der Waals surface area contributed by atoms with Gasteiger partial charge in [0.05, 0.1) is 6.54 Å². The third-order valence-electron chi connectivity index (χ3n) is 6.49. The van der Waals surface area contributed by atoms with Crippen LogP contribution in [0.5, 0.6) is 0 Å². The number of nitrogens with two attached hydrogens (primary N) is 1. The number of nitrogens with one attached hydrogen (secondary N) is 1. The largest absolute Gasteiger partial charge is 0.403 e. The van der Waals surface area contributed by atoms with E-state index < -0.39 is 0 Å². The van der Waals surface area contributed by atoms with Crippen LogP contribution in [0, 0.1) is 0 Å². The zero-order valence-electron chi connectivity index (χ0n) is 19.3. The second-order valence-corrected chi connectivity index (χ2v) is 9.12. The summed E-state index contributed by atoms with van der Waals surface area (Å²) in [5, 5.41) is 3.65. The Bertz CT molecular complexity index is 976. The number of hydrogen-bond acceptors (Lipinski definition) is 4. The quantitative estimate of drug-likeness (QED) is 0.610. The zero-order valence-corrected chi connectivity index (χ0v) is 19.3. The first-order chi connectivity index (χ1) is 15.6. The Hall–Kier alpha value is -2.98. The summed E-state index contributed by atoms with van der Waals surface area (Å²) >= 11 is 0. The molecule has 1 saturated heterocycles. The Balaban J connectivity index is 1.32. The van der Waals surface area contributed by atoms with Gasteiger partial charge in [0.25, 0.3) is 0 Å². The molecule has 1 fully saturated rings. The van der Waals surface area contributed by atoms with Gasteiger partial charge in [0.2, 0.25) is 0 Å². The van der Waals surface area contributed by atoms with Crippen LogP contribution in [-0.4, -0.2) is 35.5 Å². The van der Waals surface area contributed by atoms with Gasteiger partial charge in [-0.3, -0.25) is 4.90 Å². The highest BCUT2D eigenvalue weighted by molar-refractivity contribution is 5.65. The lowest BCUT2D eigenvalue weighted by Crippen LogP contribution is -2.34. The topological polar surface area (TPSA) is 44.5 Å². The SMILES string of the molecule is C=C(CN(/C=C\N)/C=C(\C)c1ccc2c(c1)CCC2)NC1CCN(Cc2ccccc2)C1. The molecule has 0 saturated carbocycles. The van der Waals surface area contributed by atoms with Crippen molar-refractivity contribution < 1.29 is 0 Å². The molecular formula is C28H36N4. The minimum atomic E-state index is 0.441. The summed E-state index contributed by atoms with van der Waals surface area (Å²) in [5.74, 6) is 0. The van der Waals surface area contributed by atoms with Crippen LogP contribution in [0.2, 0.25) is 0 Å². The fourth-order valence-corrected chi connectivity index (χ4v) is 4.88. The normalized spacial score (nSPS) is 18.8. The summed E-state index contributed by atoms with van der Waals surface area (Å²) < 4.78 is 0. The molecule has 4 nitrogen and oxygen atoms in total. The molecule has 0 bridgehead atoms. The maximum Gasteiger partial charge on any atom is 0.0611 e. The van der Waals surface area contributed by atoms with Gasteiger partial charge >= 0.3 is 0 Å². The van der Waals surface area contributed by atoms with Gasteiger partial charge in [-0.2, -0.15) is 0 Å². The Labute approximate surface area is 193 Å². The van der Waals surface area contributed by atoms with E-state index >= 15 is 0 Å². The molecule has 0 radical (unpaired) electrons. The monoisotopic (exact) mass is 428 g/mol. The van der Waals surface area contributed by atoms with Crippen molar-refractivity contribution in [1.29, 1.82) is 0 Å². The molecule has 3 N–H and O–H groups in total. The second-order valence-electron chi connectivity index (χ2n) is 9.12. The van der Waals surface area contributed by atoms with Crippen molar-refractivity contribution in [3.05, 3.63) is 102 Å². The van der Waals surface area contributed by atoms with E-state index in [-0.39, 0.29) is 0 Å². The number of rotatable bonds is 9. The summed E-state index contributed by atoms with van der Waals surface area (Å²) in [6, 6.07) is 18.0. The zero-order chi connectivity index (χ0) is 22.3. The Morgan fingerprint density at radius 1 is 1.19 bits per heavy atom. The van der Waals surface area contributed by atoms with Crippen molar-refractivity contribution in [1.82, 2.24) is 15.1 Å². The lowest BCUT2D eigenvalue weighted by Gasteiger charge is -2.23. The molecule has 4 rings (SSSR count). The fraction of sp³-hybridized carbons (Fsp3) is 0.357. The molecule has 2 aromatic rings.